The predicted molar refractivity (Wildman–Crippen MR) is 129 cm³/mol. The summed E-state index contributed by atoms with van der Waals surface area (Å²) in [5, 5.41) is 6.97. The van der Waals surface area contributed by atoms with Gasteiger partial charge in [0, 0.05) is 30.9 Å². The van der Waals surface area contributed by atoms with Gasteiger partial charge in [-0.05, 0) is 63.3 Å². The maximum absolute atomic E-state index is 6.07. The third kappa shape index (κ3) is 4.68. The first-order valence-corrected chi connectivity index (χ1v) is 11.6. The van der Waals surface area contributed by atoms with Crippen LogP contribution in [0.3, 0.4) is 0 Å². The molecule has 0 amide bonds. The number of furan rings is 1. The molecular formula is C24H30N8O. The van der Waals surface area contributed by atoms with Crippen molar-refractivity contribution in [3.63, 3.8) is 0 Å². The number of hydrogen-bond acceptors (Lipinski definition) is 8. The largest absolute Gasteiger partial charge is 0.463 e. The van der Waals surface area contributed by atoms with Crippen molar-refractivity contribution in [1.29, 1.82) is 0 Å². The lowest BCUT2D eigenvalue weighted by molar-refractivity contribution is 0.410. The minimum absolute atomic E-state index is 0.247. The van der Waals surface area contributed by atoms with Crippen LogP contribution in [0, 0.1) is 0 Å². The van der Waals surface area contributed by atoms with E-state index in [0.29, 0.717) is 30.4 Å². The van der Waals surface area contributed by atoms with Crippen LogP contribution in [0.15, 0.2) is 47.5 Å². The van der Waals surface area contributed by atoms with Gasteiger partial charge >= 0.3 is 0 Å². The number of fused-ring (bicyclic) bond motifs is 1. The fourth-order valence-corrected chi connectivity index (χ4v) is 4.21. The minimum atomic E-state index is 0.247. The molecule has 1 aliphatic carbocycles. The summed E-state index contributed by atoms with van der Waals surface area (Å²) in [5.41, 5.74) is 9.50. The molecule has 4 N–H and O–H groups in total. The molecule has 0 saturated heterocycles. The third-order valence-electron chi connectivity index (χ3n) is 6.14. The summed E-state index contributed by atoms with van der Waals surface area (Å²) < 4.78 is 7.49. The van der Waals surface area contributed by atoms with E-state index in [1.807, 2.05) is 36.8 Å². The standard InChI is InChI=1S/C24H30N8O/c1-15(2)32-14-28-21-22(27-13-16-5-10-19(26-12-16)20-4-3-11-33-20)30-24(31-23(21)32)29-18-8-6-17(25)7-9-18/h3-5,10-12,14-15,17-18H,6-9,13,25H2,1-2H3,(H2,27,29,30,31). The number of pyridine rings is 1. The van der Waals surface area contributed by atoms with Gasteiger partial charge in [-0.2, -0.15) is 9.97 Å². The average molecular weight is 447 g/mol. The zero-order chi connectivity index (χ0) is 22.8. The quantitative estimate of drug-likeness (QED) is 0.383. The molecule has 0 bridgehead atoms. The molecule has 0 atom stereocenters. The van der Waals surface area contributed by atoms with Crippen molar-refractivity contribution in [3.05, 3.63) is 48.6 Å². The van der Waals surface area contributed by atoms with Gasteiger partial charge in [0.2, 0.25) is 5.95 Å². The van der Waals surface area contributed by atoms with Gasteiger partial charge < -0.3 is 25.4 Å². The molecule has 1 aliphatic rings. The van der Waals surface area contributed by atoms with E-state index in [2.05, 4.69) is 39.0 Å². The molecule has 0 unspecified atom stereocenters. The molecule has 4 aromatic heterocycles. The Labute approximate surface area is 192 Å². The van der Waals surface area contributed by atoms with E-state index < -0.39 is 0 Å². The molecule has 0 aliphatic heterocycles. The first kappa shape index (κ1) is 21.4. The van der Waals surface area contributed by atoms with Gasteiger partial charge in [-0.1, -0.05) is 6.07 Å². The highest BCUT2D eigenvalue weighted by atomic mass is 16.3. The van der Waals surface area contributed by atoms with Gasteiger partial charge in [-0.25, -0.2) is 4.98 Å². The van der Waals surface area contributed by atoms with Crippen LogP contribution in [0.2, 0.25) is 0 Å². The van der Waals surface area contributed by atoms with Crippen LogP contribution in [0.4, 0.5) is 11.8 Å². The summed E-state index contributed by atoms with van der Waals surface area (Å²) in [6.07, 6.45) is 9.44. The number of hydrogen-bond donors (Lipinski definition) is 3. The lowest BCUT2D eigenvalue weighted by Gasteiger charge is -2.27. The number of anilines is 2. The molecule has 1 fully saturated rings. The molecule has 0 aromatic carbocycles. The Hall–Kier alpha value is -3.46. The summed E-state index contributed by atoms with van der Waals surface area (Å²) >= 11 is 0. The smallest absolute Gasteiger partial charge is 0.227 e. The fraction of sp³-hybridized carbons (Fsp3) is 0.417. The second-order valence-corrected chi connectivity index (χ2v) is 8.95. The first-order valence-electron chi connectivity index (χ1n) is 11.6. The van der Waals surface area contributed by atoms with Crippen LogP contribution in [0.25, 0.3) is 22.6 Å². The lowest BCUT2D eigenvalue weighted by atomic mass is 9.92. The van der Waals surface area contributed by atoms with Crippen LogP contribution in [-0.2, 0) is 6.54 Å². The summed E-state index contributed by atoms with van der Waals surface area (Å²) in [5.74, 6) is 2.09. The Balaban J connectivity index is 1.37. The van der Waals surface area contributed by atoms with E-state index in [0.717, 1.165) is 53.9 Å². The SMILES string of the molecule is CC(C)n1cnc2c(NCc3ccc(-c4ccco4)nc3)nc(NC3CCC(N)CC3)nc21. The molecule has 0 radical (unpaired) electrons. The number of nitrogens with one attached hydrogen (secondary N) is 2. The van der Waals surface area contributed by atoms with Crippen molar-refractivity contribution in [2.75, 3.05) is 10.6 Å². The maximum Gasteiger partial charge on any atom is 0.227 e. The van der Waals surface area contributed by atoms with Crippen molar-refractivity contribution in [3.8, 4) is 11.5 Å². The Morgan fingerprint density at radius 3 is 2.67 bits per heavy atom. The summed E-state index contributed by atoms with van der Waals surface area (Å²) in [6, 6.07) is 8.64. The van der Waals surface area contributed by atoms with Crippen LogP contribution in [0.5, 0.6) is 0 Å². The number of nitrogens with two attached hydrogens (primary N) is 1. The Bertz CT molecular complexity index is 1190. The number of imidazole rings is 1. The van der Waals surface area contributed by atoms with Gasteiger partial charge in [-0.3, -0.25) is 4.98 Å². The molecule has 4 aromatic rings. The molecule has 33 heavy (non-hydrogen) atoms. The van der Waals surface area contributed by atoms with Crippen LogP contribution < -0.4 is 16.4 Å². The van der Waals surface area contributed by atoms with Gasteiger partial charge in [0.05, 0.1) is 12.6 Å². The summed E-state index contributed by atoms with van der Waals surface area (Å²) in [4.78, 5) is 18.7. The number of rotatable bonds is 7. The van der Waals surface area contributed by atoms with Crippen LogP contribution in [0.1, 0.15) is 51.1 Å². The zero-order valence-electron chi connectivity index (χ0n) is 19.0. The van der Waals surface area contributed by atoms with Crippen molar-refractivity contribution in [2.45, 2.75) is 64.2 Å². The molecule has 172 valence electrons. The van der Waals surface area contributed by atoms with Crippen LogP contribution in [-0.4, -0.2) is 36.6 Å². The monoisotopic (exact) mass is 446 g/mol. The second kappa shape index (κ2) is 9.19. The number of nitrogens with zero attached hydrogens (tertiary/aromatic N) is 5. The minimum Gasteiger partial charge on any atom is -0.463 e. The highest BCUT2D eigenvalue weighted by Crippen LogP contribution is 2.26. The maximum atomic E-state index is 6.07. The zero-order valence-corrected chi connectivity index (χ0v) is 19.0. The molecule has 9 heteroatoms. The number of aromatic nitrogens is 5. The van der Waals surface area contributed by atoms with E-state index in [4.69, 9.17) is 20.1 Å². The van der Waals surface area contributed by atoms with Gasteiger partial charge in [0.1, 0.15) is 5.69 Å². The summed E-state index contributed by atoms with van der Waals surface area (Å²) in [7, 11) is 0. The fourth-order valence-electron chi connectivity index (χ4n) is 4.21. The Kier molecular flexibility index (Phi) is 5.95. The normalized spacial score (nSPS) is 18.7. The molecule has 0 spiro atoms. The highest BCUT2D eigenvalue weighted by Gasteiger charge is 2.21. The summed E-state index contributed by atoms with van der Waals surface area (Å²) in [6.45, 7) is 4.82. The lowest BCUT2D eigenvalue weighted by Crippen LogP contribution is -2.33. The second-order valence-electron chi connectivity index (χ2n) is 8.95. The van der Waals surface area contributed by atoms with E-state index >= 15 is 0 Å². The van der Waals surface area contributed by atoms with Gasteiger partial charge in [-0.15, -0.1) is 0 Å². The predicted octanol–water partition coefficient (Wildman–Crippen LogP) is 4.36. The van der Waals surface area contributed by atoms with Crippen molar-refractivity contribution >= 4 is 22.9 Å². The first-order chi connectivity index (χ1) is 16.1. The highest BCUT2D eigenvalue weighted by molar-refractivity contribution is 5.84. The molecule has 4 heterocycles. The van der Waals surface area contributed by atoms with Crippen molar-refractivity contribution in [2.24, 2.45) is 5.73 Å². The third-order valence-corrected chi connectivity index (χ3v) is 6.14. The average Bonchev–Trinajstić information content (AvgIpc) is 3.50. The molecule has 1 saturated carbocycles. The van der Waals surface area contributed by atoms with E-state index in [-0.39, 0.29) is 6.04 Å². The van der Waals surface area contributed by atoms with E-state index in [1.165, 1.54) is 0 Å². The Morgan fingerprint density at radius 2 is 1.97 bits per heavy atom. The molecule has 9 nitrogen and oxygen atoms in total. The van der Waals surface area contributed by atoms with Gasteiger partial charge in [0.15, 0.2) is 22.7 Å². The van der Waals surface area contributed by atoms with Crippen molar-refractivity contribution in [1.82, 2.24) is 24.5 Å². The topological polar surface area (TPSA) is 120 Å². The van der Waals surface area contributed by atoms with E-state index in [1.54, 1.807) is 6.26 Å². The van der Waals surface area contributed by atoms with Crippen molar-refractivity contribution < 1.29 is 4.42 Å². The van der Waals surface area contributed by atoms with E-state index in [9.17, 15) is 0 Å². The van der Waals surface area contributed by atoms with Crippen LogP contribution >= 0.6 is 0 Å². The molecule has 5 rings (SSSR count). The Morgan fingerprint density at radius 1 is 1.12 bits per heavy atom. The molecular weight excluding hydrogens is 416 g/mol. The van der Waals surface area contributed by atoms with Gasteiger partial charge in [0.25, 0.3) is 0 Å².